The van der Waals surface area contributed by atoms with Crippen molar-refractivity contribution < 1.29 is 57.4 Å². The molecule has 0 amide bonds. The van der Waals surface area contributed by atoms with Crippen LogP contribution in [0.1, 0.15) is 13.8 Å². The first kappa shape index (κ1) is 20.1. The number of halogens is 12. The summed E-state index contributed by atoms with van der Waals surface area (Å²) in [4.78, 5) is 0. The minimum Gasteiger partial charge on any atom is -0.250 e. The SMILES string of the molecule is C[C@](F)(C(F)(F)F)C(F)(F)OC(F)(F)[C@](C)(F)C(F)(F)F. The molecule has 0 spiro atoms. The summed E-state index contributed by atoms with van der Waals surface area (Å²) >= 11 is 0. The maximum absolute atomic E-state index is 12.9. The Kier molecular flexibility index (Phi) is 4.61. The van der Waals surface area contributed by atoms with Gasteiger partial charge in [0.05, 0.1) is 0 Å². The molecular formula is C8H6F12O. The van der Waals surface area contributed by atoms with Gasteiger partial charge in [0.1, 0.15) is 0 Å². The van der Waals surface area contributed by atoms with Gasteiger partial charge in [-0.1, -0.05) is 0 Å². The summed E-state index contributed by atoms with van der Waals surface area (Å²) in [5, 5.41) is 0. The van der Waals surface area contributed by atoms with E-state index < -0.39 is 49.8 Å². The van der Waals surface area contributed by atoms with Crippen molar-refractivity contribution in [1.82, 2.24) is 0 Å². The van der Waals surface area contributed by atoms with Gasteiger partial charge in [0.15, 0.2) is 0 Å². The van der Waals surface area contributed by atoms with Gasteiger partial charge in [-0.2, -0.15) is 43.9 Å². The fourth-order valence-electron chi connectivity index (χ4n) is 0.683. The highest BCUT2D eigenvalue weighted by Gasteiger charge is 2.77. The zero-order valence-electron chi connectivity index (χ0n) is 9.94. The molecule has 0 fully saturated rings. The zero-order chi connectivity index (χ0) is 17.7. The molecule has 0 bridgehead atoms. The van der Waals surface area contributed by atoms with Crippen LogP contribution >= 0.6 is 0 Å². The average Bonchev–Trinajstić information content (AvgIpc) is 2.11. The smallest absolute Gasteiger partial charge is 0.250 e. The van der Waals surface area contributed by atoms with Crippen molar-refractivity contribution in [1.29, 1.82) is 0 Å². The lowest BCUT2D eigenvalue weighted by Crippen LogP contribution is -2.62. The summed E-state index contributed by atoms with van der Waals surface area (Å²) in [7, 11) is 0. The van der Waals surface area contributed by atoms with Crippen molar-refractivity contribution in [2.24, 2.45) is 0 Å². The molecule has 0 heterocycles. The molecular weight excluding hydrogens is 340 g/mol. The molecule has 0 unspecified atom stereocenters. The Labute approximate surface area is 108 Å². The van der Waals surface area contributed by atoms with Crippen LogP contribution in [0.25, 0.3) is 0 Å². The van der Waals surface area contributed by atoms with Crippen LogP contribution < -0.4 is 0 Å². The van der Waals surface area contributed by atoms with E-state index in [0.717, 1.165) is 0 Å². The van der Waals surface area contributed by atoms with Crippen LogP contribution in [0.4, 0.5) is 52.7 Å². The van der Waals surface area contributed by atoms with Gasteiger partial charge in [0, 0.05) is 0 Å². The van der Waals surface area contributed by atoms with E-state index in [2.05, 4.69) is 0 Å². The van der Waals surface area contributed by atoms with Gasteiger partial charge in [-0.05, 0) is 13.8 Å². The van der Waals surface area contributed by atoms with E-state index in [9.17, 15) is 52.7 Å². The first-order chi connectivity index (χ1) is 8.71. The number of rotatable bonds is 4. The highest BCUT2D eigenvalue weighted by molar-refractivity contribution is 4.96. The van der Waals surface area contributed by atoms with Crippen LogP contribution in [0.15, 0.2) is 0 Å². The van der Waals surface area contributed by atoms with E-state index in [1.165, 1.54) is 0 Å². The molecule has 0 aliphatic heterocycles. The third-order valence-corrected chi connectivity index (χ3v) is 2.41. The predicted octanol–water partition coefficient (Wildman–Crippen LogP) is 4.77. The molecule has 0 saturated carbocycles. The second-order valence-corrected chi connectivity index (χ2v) is 4.14. The summed E-state index contributed by atoms with van der Waals surface area (Å²) < 4.78 is 150. The van der Waals surface area contributed by atoms with Gasteiger partial charge in [-0.15, -0.1) is 0 Å². The molecule has 0 rings (SSSR count). The molecule has 0 aromatic carbocycles. The molecule has 0 aliphatic carbocycles. The van der Waals surface area contributed by atoms with Gasteiger partial charge in [-0.25, -0.2) is 13.5 Å². The molecule has 0 saturated heterocycles. The van der Waals surface area contributed by atoms with E-state index in [4.69, 9.17) is 0 Å². The Balaban J connectivity index is 5.65. The maximum Gasteiger partial charge on any atom is 0.430 e. The normalized spacial score (nSPS) is 20.9. The molecule has 0 aromatic heterocycles. The maximum atomic E-state index is 12.9. The summed E-state index contributed by atoms with van der Waals surface area (Å²) in [5.74, 6) is 0. The van der Waals surface area contributed by atoms with Crippen molar-refractivity contribution in [2.45, 2.75) is 49.8 Å². The standard InChI is InChI=1S/C8H6F12O/c1-3(9,5(11,12)13)7(17,18)21-8(19,20)4(2,10)6(14,15)16/h1-2H3/t3-,4+. The van der Waals surface area contributed by atoms with E-state index >= 15 is 0 Å². The van der Waals surface area contributed by atoms with Crippen molar-refractivity contribution in [3.63, 3.8) is 0 Å². The van der Waals surface area contributed by atoms with Crippen molar-refractivity contribution in [3.8, 4) is 0 Å². The molecule has 21 heavy (non-hydrogen) atoms. The van der Waals surface area contributed by atoms with Crippen LogP contribution in [0.5, 0.6) is 0 Å². The van der Waals surface area contributed by atoms with Crippen LogP contribution in [0, 0.1) is 0 Å². The summed E-state index contributed by atoms with van der Waals surface area (Å²) in [6.45, 7) is -1.90. The average molecular weight is 346 g/mol. The quantitative estimate of drug-likeness (QED) is 0.667. The number of hydrogen-bond donors (Lipinski definition) is 0. The lowest BCUT2D eigenvalue weighted by Gasteiger charge is -2.37. The van der Waals surface area contributed by atoms with Crippen LogP contribution in [-0.4, -0.2) is 35.9 Å². The summed E-state index contributed by atoms with van der Waals surface area (Å²) in [6, 6.07) is 0. The fraction of sp³-hybridized carbons (Fsp3) is 1.00. The Morgan fingerprint density at radius 1 is 0.476 bits per heavy atom. The third kappa shape index (κ3) is 3.31. The first-order valence-corrected chi connectivity index (χ1v) is 4.68. The molecule has 0 radical (unpaired) electrons. The first-order valence-electron chi connectivity index (χ1n) is 4.68. The van der Waals surface area contributed by atoms with Gasteiger partial charge in [0.25, 0.3) is 11.3 Å². The lowest BCUT2D eigenvalue weighted by atomic mass is 10.1. The van der Waals surface area contributed by atoms with Crippen LogP contribution in [0.2, 0.25) is 0 Å². The lowest BCUT2D eigenvalue weighted by molar-refractivity contribution is -0.477. The molecule has 1 nitrogen and oxygen atoms in total. The molecule has 13 heteroatoms. The largest absolute Gasteiger partial charge is 0.430 e. The Morgan fingerprint density at radius 2 is 0.667 bits per heavy atom. The van der Waals surface area contributed by atoms with Gasteiger partial charge in [0.2, 0.25) is 0 Å². The second kappa shape index (κ2) is 4.81. The number of alkyl halides is 12. The molecule has 0 aromatic rings. The van der Waals surface area contributed by atoms with Gasteiger partial charge < -0.3 is 0 Å². The van der Waals surface area contributed by atoms with Crippen molar-refractivity contribution >= 4 is 0 Å². The number of ether oxygens (including phenoxy) is 1. The van der Waals surface area contributed by atoms with Crippen molar-refractivity contribution in [3.05, 3.63) is 0 Å². The predicted molar refractivity (Wildman–Crippen MR) is 42.1 cm³/mol. The minimum absolute atomic E-state index is 0.952. The molecule has 0 aliphatic rings. The Morgan fingerprint density at radius 3 is 0.810 bits per heavy atom. The van der Waals surface area contributed by atoms with Gasteiger partial charge >= 0.3 is 24.6 Å². The topological polar surface area (TPSA) is 9.23 Å². The van der Waals surface area contributed by atoms with E-state index in [0.29, 0.717) is 0 Å². The summed E-state index contributed by atoms with van der Waals surface area (Å²) in [6.07, 6.45) is -25.9. The van der Waals surface area contributed by atoms with E-state index in [-0.39, 0.29) is 0 Å². The minimum atomic E-state index is -6.49. The second-order valence-electron chi connectivity index (χ2n) is 4.14. The van der Waals surface area contributed by atoms with E-state index in [1.807, 2.05) is 4.74 Å². The van der Waals surface area contributed by atoms with Crippen LogP contribution in [-0.2, 0) is 4.74 Å². The van der Waals surface area contributed by atoms with Crippen molar-refractivity contribution in [2.75, 3.05) is 0 Å². The highest BCUT2D eigenvalue weighted by atomic mass is 19.4. The fourth-order valence-corrected chi connectivity index (χ4v) is 0.683. The Hall–Kier alpha value is -0.880. The zero-order valence-corrected chi connectivity index (χ0v) is 9.94. The molecule has 2 atom stereocenters. The monoisotopic (exact) mass is 346 g/mol. The molecule has 0 N–H and O–H groups in total. The van der Waals surface area contributed by atoms with E-state index in [1.54, 1.807) is 0 Å². The third-order valence-electron chi connectivity index (χ3n) is 2.41. The highest BCUT2D eigenvalue weighted by Crippen LogP contribution is 2.52. The van der Waals surface area contributed by atoms with Gasteiger partial charge in [-0.3, -0.25) is 0 Å². The van der Waals surface area contributed by atoms with Crippen LogP contribution in [0.3, 0.4) is 0 Å². The summed E-state index contributed by atoms with van der Waals surface area (Å²) in [5.41, 5.74) is -11.6. The Bertz CT molecular complexity index is 340. The number of hydrogen-bond acceptors (Lipinski definition) is 1. The molecule has 128 valence electrons.